The molecule has 0 radical (unpaired) electrons. The van der Waals surface area contributed by atoms with Crippen LogP contribution in [0.15, 0.2) is 34.9 Å². The zero-order valence-corrected chi connectivity index (χ0v) is 16.8. The molecule has 0 aliphatic carbocycles. The van der Waals surface area contributed by atoms with Gasteiger partial charge in [-0.25, -0.2) is 4.98 Å². The van der Waals surface area contributed by atoms with Crippen LogP contribution in [0.4, 0.5) is 0 Å². The van der Waals surface area contributed by atoms with Gasteiger partial charge in [-0.1, -0.05) is 23.4 Å². The molecule has 0 unspecified atom stereocenters. The maximum Gasteiger partial charge on any atom is 0.284 e. The number of benzene rings is 1. The van der Waals surface area contributed by atoms with Crippen LogP contribution < -0.4 is 5.73 Å². The van der Waals surface area contributed by atoms with Crippen LogP contribution >= 0.6 is 0 Å². The minimum atomic E-state index is -3.01. The third-order valence-corrected chi connectivity index (χ3v) is 5.66. The lowest BCUT2D eigenvalue weighted by Crippen LogP contribution is -2.35. The van der Waals surface area contributed by atoms with Crippen molar-refractivity contribution in [3.63, 3.8) is 0 Å². The van der Waals surface area contributed by atoms with Gasteiger partial charge in [-0.2, -0.15) is 0 Å². The third kappa shape index (κ3) is 3.04. The molecule has 1 fully saturated rings. The number of nitrogens with two attached hydrogens (primary N) is 1. The molecule has 5 rings (SSSR count). The van der Waals surface area contributed by atoms with E-state index in [-0.39, 0.29) is 11.5 Å². The molecule has 2 aliphatic rings. The molecule has 2 aliphatic heterocycles. The fourth-order valence-corrected chi connectivity index (χ4v) is 4.05. The number of hydrogen-bond acceptors (Lipinski definition) is 6. The monoisotopic (exact) mass is 425 g/mol. The highest BCUT2D eigenvalue weighted by molar-refractivity contribution is 5.91. The van der Waals surface area contributed by atoms with Gasteiger partial charge in [0.1, 0.15) is 5.69 Å². The fraction of sp³-hybridized carbons (Fsp3) is 0.364. The lowest BCUT2D eigenvalue weighted by Gasteiger charge is -2.16. The van der Waals surface area contributed by atoms with Gasteiger partial charge in [-0.15, -0.1) is 0 Å². The minimum Gasteiger partial charge on any atom is -0.373 e. The number of primary amides is 1. The number of imidazole rings is 1. The van der Waals surface area contributed by atoms with Crippen molar-refractivity contribution in [1.29, 1.82) is 0 Å². The Bertz CT molecular complexity index is 1370. The van der Waals surface area contributed by atoms with Gasteiger partial charge in [0.05, 0.1) is 5.69 Å². The number of likely N-dealkylation sites (N-methyl/N-ethyl adjacent to an activating group) is 1. The van der Waals surface area contributed by atoms with Gasteiger partial charge >= 0.3 is 0 Å². The SMILES string of the molecule is [2H]C1([2H])N(C)C(=O)[C@](O)(c2cc(-c3cccc(-c4nc(C(N)=O)n5c4CCCC5)c3)no2)C1([2H])[2H]. The lowest BCUT2D eigenvalue weighted by molar-refractivity contribution is -0.144. The molecular formula is C22H23N5O4. The largest absolute Gasteiger partial charge is 0.373 e. The number of aliphatic hydroxyl groups is 1. The van der Waals surface area contributed by atoms with E-state index in [1.807, 2.05) is 10.6 Å². The summed E-state index contributed by atoms with van der Waals surface area (Å²) in [5, 5.41) is 15.0. The minimum absolute atomic E-state index is 0.200. The van der Waals surface area contributed by atoms with E-state index < -0.39 is 36.0 Å². The van der Waals surface area contributed by atoms with Crippen molar-refractivity contribution in [2.75, 3.05) is 13.5 Å². The summed E-state index contributed by atoms with van der Waals surface area (Å²) < 4.78 is 39.3. The highest BCUT2D eigenvalue weighted by Gasteiger charge is 2.48. The number of aromatic nitrogens is 3. The van der Waals surface area contributed by atoms with Crippen molar-refractivity contribution < 1.29 is 24.7 Å². The zero-order valence-electron chi connectivity index (χ0n) is 20.8. The Labute approximate surface area is 184 Å². The van der Waals surface area contributed by atoms with Crippen molar-refractivity contribution in [2.24, 2.45) is 5.73 Å². The smallest absolute Gasteiger partial charge is 0.284 e. The standard InChI is InChI=1S/C22H23N5O4/c1-26-10-8-22(30,21(26)29)17-12-15(25-31-17)13-5-4-6-14(11-13)18-16-7-2-3-9-27(16)20(24-18)19(23)28/h4-6,11-12,30H,2-3,7-10H2,1H3,(H2,23,28)/t22-/m1/s1/i8D2,10D2. The van der Waals surface area contributed by atoms with Crippen LogP contribution in [0, 0.1) is 0 Å². The van der Waals surface area contributed by atoms with Gasteiger partial charge in [-0.05, 0) is 25.3 Å². The highest BCUT2D eigenvalue weighted by Crippen LogP contribution is 2.36. The normalized spacial score (nSPS) is 26.0. The summed E-state index contributed by atoms with van der Waals surface area (Å²) in [6.07, 6.45) is -0.383. The maximum atomic E-state index is 12.7. The predicted molar refractivity (Wildman–Crippen MR) is 111 cm³/mol. The molecular weight excluding hydrogens is 398 g/mol. The van der Waals surface area contributed by atoms with E-state index in [0.717, 1.165) is 32.0 Å². The molecule has 9 nitrogen and oxygen atoms in total. The Morgan fingerprint density at radius 2 is 2.13 bits per heavy atom. The Morgan fingerprint density at radius 3 is 2.87 bits per heavy atom. The number of carbonyl (C=O) groups excluding carboxylic acids is 2. The molecule has 31 heavy (non-hydrogen) atoms. The Balaban J connectivity index is 1.56. The topological polar surface area (TPSA) is 127 Å². The van der Waals surface area contributed by atoms with Crippen molar-refractivity contribution in [3.8, 4) is 22.5 Å². The maximum absolute atomic E-state index is 12.7. The Kier molecular flexibility index (Phi) is 3.49. The van der Waals surface area contributed by atoms with E-state index in [9.17, 15) is 14.7 Å². The molecule has 9 heteroatoms. The third-order valence-electron chi connectivity index (χ3n) is 5.66. The van der Waals surface area contributed by atoms with E-state index in [1.54, 1.807) is 18.2 Å². The summed E-state index contributed by atoms with van der Waals surface area (Å²) in [7, 11) is 1.07. The number of rotatable bonds is 4. The van der Waals surface area contributed by atoms with Gasteiger partial charge in [0.25, 0.3) is 11.8 Å². The first kappa shape index (κ1) is 15.4. The van der Waals surface area contributed by atoms with Crippen LogP contribution in [0.1, 0.15) is 46.8 Å². The first-order valence-corrected chi connectivity index (χ1v) is 9.89. The predicted octanol–water partition coefficient (Wildman–Crippen LogP) is 1.69. The molecule has 1 aromatic carbocycles. The van der Waals surface area contributed by atoms with E-state index >= 15 is 0 Å². The first-order chi connectivity index (χ1) is 16.4. The van der Waals surface area contributed by atoms with Gasteiger partial charge in [0.2, 0.25) is 5.60 Å². The summed E-state index contributed by atoms with van der Waals surface area (Å²) in [5.41, 5.74) is 5.61. The second kappa shape index (κ2) is 7.05. The number of carbonyl (C=O) groups is 2. The van der Waals surface area contributed by atoms with E-state index in [2.05, 4.69) is 10.1 Å². The van der Waals surface area contributed by atoms with Crippen LogP contribution in [-0.2, 0) is 23.4 Å². The highest BCUT2D eigenvalue weighted by atomic mass is 16.5. The number of fused-ring (bicyclic) bond motifs is 1. The van der Waals surface area contributed by atoms with Crippen molar-refractivity contribution in [2.45, 2.75) is 37.8 Å². The first-order valence-electron chi connectivity index (χ1n) is 11.9. The summed E-state index contributed by atoms with van der Waals surface area (Å²) in [5.74, 6) is -2.08. The van der Waals surface area contributed by atoms with Crippen LogP contribution in [0.3, 0.4) is 0 Å². The second-order valence-corrected chi connectivity index (χ2v) is 7.67. The average molecular weight is 425 g/mol. The molecule has 0 spiro atoms. The molecule has 2 aromatic heterocycles. The Morgan fingerprint density at radius 1 is 1.32 bits per heavy atom. The summed E-state index contributed by atoms with van der Waals surface area (Å²) in [4.78, 5) is 29.6. The quantitative estimate of drug-likeness (QED) is 0.655. The molecule has 0 bridgehead atoms. The number of likely N-dealkylation sites (tertiary alicyclic amines) is 1. The summed E-state index contributed by atoms with van der Waals surface area (Å²) >= 11 is 0. The van der Waals surface area contributed by atoms with Crippen molar-refractivity contribution in [1.82, 2.24) is 19.6 Å². The van der Waals surface area contributed by atoms with Gasteiger partial charge in [0.15, 0.2) is 11.6 Å². The fourth-order valence-electron chi connectivity index (χ4n) is 4.05. The van der Waals surface area contributed by atoms with Gasteiger partial charge in [-0.3, -0.25) is 9.59 Å². The average Bonchev–Trinajstić information content (AvgIpc) is 3.50. The van der Waals surface area contributed by atoms with Gasteiger partial charge in [0, 0.05) is 54.8 Å². The molecule has 3 aromatic rings. The van der Waals surface area contributed by atoms with Crippen LogP contribution in [-0.4, -0.2) is 50.1 Å². The lowest BCUT2D eigenvalue weighted by atomic mass is 9.97. The van der Waals surface area contributed by atoms with Crippen molar-refractivity contribution >= 4 is 11.8 Å². The molecule has 3 N–H and O–H groups in total. The second-order valence-electron chi connectivity index (χ2n) is 7.67. The Hall–Kier alpha value is -3.46. The molecule has 160 valence electrons. The molecule has 1 atom stereocenters. The van der Waals surface area contributed by atoms with E-state index in [4.69, 9.17) is 15.7 Å². The number of amides is 2. The number of hydrogen-bond donors (Lipinski definition) is 2. The van der Waals surface area contributed by atoms with Crippen LogP contribution in [0.25, 0.3) is 22.5 Å². The van der Waals surface area contributed by atoms with E-state index in [0.29, 0.717) is 28.3 Å². The van der Waals surface area contributed by atoms with Crippen LogP contribution in [0.5, 0.6) is 0 Å². The molecule has 0 saturated carbocycles. The van der Waals surface area contributed by atoms with Crippen LogP contribution in [0.2, 0.25) is 0 Å². The summed E-state index contributed by atoms with van der Waals surface area (Å²) in [6, 6.07) is 8.26. The molecule has 2 amide bonds. The summed E-state index contributed by atoms with van der Waals surface area (Å²) in [6.45, 7) is -2.12. The van der Waals surface area contributed by atoms with Gasteiger partial charge < -0.3 is 24.8 Å². The molecule has 1 saturated heterocycles. The zero-order chi connectivity index (χ0) is 25.3. The van der Waals surface area contributed by atoms with E-state index in [1.165, 1.54) is 6.07 Å². The molecule has 4 heterocycles. The van der Waals surface area contributed by atoms with Crippen molar-refractivity contribution in [3.05, 3.63) is 47.6 Å². The number of nitrogens with zero attached hydrogens (tertiary/aromatic N) is 4.